The van der Waals surface area contributed by atoms with E-state index in [0.717, 1.165) is 22.6 Å². The SMILES string of the molecule is COC1=CC=CC(OC)(c2ccc(OC)c(C)c2C)C1. The Morgan fingerprint density at radius 2 is 1.75 bits per heavy atom. The average Bonchev–Trinajstić information content (AvgIpc) is 2.49. The van der Waals surface area contributed by atoms with E-state index in [1.165, 1.54) is 5.56 Å². The Kier molecular flexibility index (Phi) is 4.19. The van der Waals surface area contributed by atoms with Gasteiger partial charge in [0.05, 0.1) is 20.0 Å². The molecule has 20 heavy (non-hydrogen) atoms. The van der Waals surface area contributed by atoms with Gasteiger partial charge in [-0.3, -0.25) is 0 Å². The van der Waals surface area contributed by atoms with Crippen molar-refractivity contribution in [1.82, 2.24) is 0 Å². The number of methoxy groups -OCH3 is 3. The second-order valence-electron chi connectivity index (χ2n) is 5.03. The Morgan fingerprint density at radius 1 is 1.00 bits per heavy atom. The third-order valence-electron chi connectivity index (χ3n) is 4.12. The Bertz CT molecular complexity index is 558. The molecule has 0 aromatic heterocycles. The molecule has 1 aliphatic carbocycles. The van der Waals surface area contributed by atoms with Gasteiger partial charge in [0.1, 0.15) is 11.4 Å². The van der Waals surface area contributed by atoms with Gasteiger partial charge in [-0.25, -0.2) is 0 Å². The third kappa shape index (κ3) is 2.34. The standard InChI is InChI=1S/C17H22O3/c1-12-13(2)16(19-4)9-8-15(12)17(20-5)10-6-7-14(11-17)18-3/h6-10H,11H2,1-5H3. The van der Waals surface area contributed by atoms with E-state index in [9.17, 15) is 0 Å². The molecular weight excluding hydrogens is 252 g/mol. The maximum absolute atomic E-state index is 5.86. The van der Waals surface area contributed by atoms with E-state index in [2.05, 4.69) is 26.0 Å². The molecule has 0 heterocycles. The zero-order valence-corrected chi connectivity index (χ0v) is 12.8. The van der Waals surface area contributed by atoms with E-state index < -0.39 is 5.60 Å². The number of hydrogen-bond acceptors (Lipinski definition) is 3. The molecule has 3 heteroatoms. The third-order valence-corrected chi connectivity index (χ3v) is 4.12. The molecule has 0 fully saturated rings. The largest absolute Gasteiger partial charge is 0.501 e. The molecule has 1 aliphatic rings. The van der Waals surface area contributed by atoms with Gasteiger partial charge < -0.3 is 14.2 Å². The van der Waals surface area contributed by atoms with Gasteiger partial charge in [-0.2, -0.15) is 0 Å². The smallest absolute Gasteiger partial charge is 0.122 e. The predicted molar refractivity (Wildman–Crippen MR) is 80.0 cm³/mol. The summed E-state index contributed by atoms with van der Waals surface area (Å²) in [5.41, 5.74) is 3.01. The lowest BCUT2D eigenvalue weighted by molar-refractivity contribution is 0.0158. The van der Waals surface area contributed by atoms with E-state index >= 15 is 0 Å². The topological polar surface area (TPSA) is 27.7 Å². The minimum atomic E-state index is -0.471. The summed E-state index contributed by atoms with van der Waals surface area (Å²) in [6, 6.07) is 4.07. The summed E-state index contributed by atoms with van der Waals surface area (Å²) in [7, 11) is 5.12. The molecule has 0 bridgehead atoms. The highest BCUT2D eigenvalue weighted by Gasteiger charge is 2.34. The highest BCUT2D eigenvalue weighted by molar-refractivity contribution is 5.48. The fourth-order valence-electron chi connectivity index (χ4n) is 2.74. The van der Waals surface area contributed by atoms with Crippen molar-refractivity contribution in [2.75, 3.05) is 21.3 Å². The summed E-state index contributed by atoms with van der Waals surface area (Å²) in [6.45, 7) is 4.17. The Morgan fingerprint density at radius 3 is 2.35 bits per heavy atom. The number of ether oxygens (including phenoxy) is 3. The van der Waals surface area contributed by atoms with Crippen LogP contribution >= 0.6 is 0 Å². The van der Waals surface area contributed by atoms with E-state index in [0.29, 0.717) is 6.42 Å². The fraction of sp³-hybridized carbons (Fsp3) is 0.412. The molecular formula is C17H22O3. The van der Waals surface area contributed by atoms with Gasteiger partial charge in [-0.1, -0.05) is 12.1 Å². The monoisotopic (exact) mass is 274 g/mol. The van der Waals surface area contributed by atoms with Crippen LogP contribution in [0.2, 0.25) is 0 Å². The van der Waals surface area contributed by atoms with E-state index in [1.54, 1.807) is 21.3 Å². The first kappa shape index (κ1) is 14.7. The molecule has 0 radical (unpaired) electrons. The van der Waals surface area contributed by atoms with Crippen LogP contribution < -0.4 is 4.74 Å². The molecule has 0 saturated heterocycles. The van der Waals surface area contributed by atoms with Gasteiger partial charge in [0.2, 0.25) is 0 Å². The molecule has 1 unspecified atom stereocenters. The highest BCUT2D eigenvalue weighted by atomic mass is 16.5. The maximum atomic E-state index is 5.86. The van der Waals surface area contributed by atoms with Crippen LogP contribution in [0.3, 0.4) is 0 Å². The number of benzene rings is 1. The first-order chi connectivity index (χ1) is 9.57. The summed E-state index contributed by atoms with van der Waals surface area (Å²) < 4.78 is 16.6. The Labute approximate surface area is 120 Å². The highest BCUT2D eigenvalue weighted by Crippen LogP contribution is 2.40. The lowest BCUT2D eigenvalue weighted by atomic mass is 9.82. The van der Waals surface area contributed by atoms with Crippen molar-refractivity contribution in [3.63, 3.8) is 0 Å². The van der Waals surface area contributed by atoms with Crippen LogP contribution in [0.5, 0.6) is 5.75 Å². The summed E-state index contributed by atoms with van der Waals surface area (Å²) in [5.74, 6) is 1.82. The lowest BCUT2D eigenvalue weighted by Crippen LogP contribution is -2.29. The maximum Gasteiger partial charge on any atom is 0.122 e. The predicted octanol–water partition coefficient (Wildman–Crippen LogP) is 3.64. The number of hydrogen-bond donors (Lipinski definition) is 0. The lowest BCUT2D eigenvalue weighted by Gasteiger charge is -2.34. The summed E-state index contributed by atoms with van der Waals surface area (Å²) in [6.07, 6.45) is 6.75. The molecule has 1 aromatic rings. The fourth-order valence-corrected chi connectivity index (χ4v) is 2.74. The van der Waals surface area contributed by atoms with Gasteiger partial charge in [0, 0.05) is 13.5 Å². The molecule has 1 atom stereocenters. The molecule has 0 aliphatic heterocycles. The molecule has 0 amide bonds. The normalized spacial score (nSPS) is 21.6. The van der Waals surface area contributed by atoms with Crippen molar-refractivity contribution >= 4 is 0 Å². The van der Waals surface area contributed by atoms with Crippen LogP contribution in [0, 0.1) is 13.8 Å². The molecule has 0 N–H and O–H groups in total. The van der Waals surface area contributed by atoms with Crippen LogP contribution in [-0.2, 0) is 15.1 Å². The molecule has 1 aromatic carbocycles. The number of allylic oxidation sites excluding steroid dienone is 2. The van der Waals surface area contributed by atoms with Crippen molar-refractivity contribution in [2.45, 2.75) is 25.9 Å². The van der Waals surface area contributed by atoms with Crippen molar-refractivity contribution in [3.8, 4) is 5.75 Å². The van der Waals surface area contributed by atoms with Gasteiger partial charge in [-0.15, -0.1) is 0 Å². The van der Waals surface area contributed by atoms with Crippen LogP contribution in [0.15, 0.2) is 36.1 Å². The molecule has 0 saturated carbocycles. The van der Waals surface area contributed by atoms with Gasteiger partial charge in [0.15, 0.2) is 0 Å². The van der Waals surface area contributed by atoms with Crippen molar-refractivity contribution in [2.24, 2.45) is 0 Å². The van der Waals surface area contributed by atoms with Crippen molar-refractivity contribution < 1.29 is 14.2 Å². The van der Waals surface area contributed by atoms with E-state index in [-0.39, 0.29) is 0 Å². The van der Waals surface area contributed by atoms with Crippen LogP contribution in [0.25, 0.3) is 0 Å². The minimum Gasteiger partial charge on any atom is -0.501 e. The van der Waals surface area contributed by atoms with Crippen molar-refractivity contribution in [1.29, 1.82) is 0 Å². The van der Waals surface area contributed by atoms with E-state index in [1.807, 2.05) is 18.2 Å². The molecule has 3 nitrogen and oxygen atoms in total. The van der Waals surface area contributed by atoms with Gasteiger partial charge >= 0.3 is 0 Å². The first-order valence-corrected chi connectivity index (χ1v) is 6.70. The van der Waals surface area contributed by atoms with Gasteiger partial charge in [-0.05, 0) is 48.8 Å². The summed E-state index contributed by atoms with van der Waals surface area (Å²) in [5, 5.41) is 0. The van der Waals surface area contributed by atoms with E-state index in [4.69, 9.17) is 14.2 Å². The average molecular weight is 274 g/mol. The number of rotatable bonds is 4. The van der Waals surface area contributed by atoms with Gasteiger partial charge in [0.25, 0.3) is 0 Å². The second kappa shape index (κ2) is 5.71. The van der Waals surface area contributed by atoms with Crippen LogP contribution in [0.4, 0.5) is 0 Å². The summed E-state index contributed by atoms with van der Waals surface area (Å²) >= 11 is 0. The summed E-state index contributed by atoms with van der Waals surface area (Å²) in [4.78, 5) is 0. The zero-order chi connectivity index (χ0) is 14.8. The molecule has 108 valence electrons. The minimum absolute atomic E-state index is 0.471. The zero-order valence-electron chi connectivity index (χ0n) is 12.8. The molecule has 2 rings (SSSR count). The quantitative estimate of drug-likeness (QED) is 0.839. The van der Waals surface area contributed by atoms with Crippen LogP contribution in [0.1, 0.15) is 23.1 Å². The first-order valence-electron chi connectivity index (χ1n) is 6.70. The molecule has 0 spiro atoms. The van der Waals surface area contributed by atoms with Crippen molar-refractivity contribution in [3.05, 3.63) is 52.8 Å². The Balaban J connectivity index is 2.51. The Hall–Kier alpha value is -1.74. The second-order valence-corrected chi connectivity index (χ2v) is 5.03. The van der Waals surface area contributed by atoms with Crippen LogP contribution in [-0.4, -0.2) is 21.3 Å².